The van der Waals surface area contributed by atoms with E-state index in [9.17, 15) is 4.79 Å². The van der Waals surface area contributed by atoms with E-state index in [0.717, 1.165) is 30.8 Å². The second kappa shape index (κ2) is 11.3. The van der Waals surface area contributed by atoms with Crippen LogP contribution in [0.15, 0.2) is 24.3 Å². The number of nitrogens with one attached hydrogen (secondary N) is 1. The molecule has 1 aromatic rings. The van der Waals surface area contributed by atoms with Crippen LogP contribution in [0.1, 0.15) is 58.8 Å². The van der Waals surface area contributed by atoms with Gasteiger partial charge in [-0.2, -0.15) is 0 Å². The smallest absolute Gasteiger partial charge is 0.256 e. The number of anilines is 1. The molecule has 1 N–H and O–H groups in total. The Bertz CT molecular complexity index is 553. The molecule has 1 fully saturated rings. The van der Waals surface area contributed by atoms with Crippen molar-refractivity contribution >= 4 is 11.6 Å². The first-order valence-corrected chi connectivity index (χ1v) is 10.4. The first-order valence-electron chi connectivity index (χ1n) is 10.4. The van der Waals surface area contributed by atoms with E-state index in [2.05, 4.69) is 17.1 Å². The molecule has 0 aliphatic carbocycles. The molecule has 1 aliphatic rings. The third-order valence-corrected chi connectivity index (χ3v) is 5.43. The lowest BCUT2D eigenvalue weighted by atomic mass is 9.97. The molecule has 1 atom stereocenters. The van der Waals surface area contributed by atoms with E-state index in [1.54, 1.807) is 7.11 Å². The number of nitrogens with zero attached hydrogens (tertiary/aromatic N) is 1. The number of carbonyl (C=O) groups is 1. The van der Waals surface area contributed by atoms with Crippen molar-refractivity contribution < 1.29 is 14.3 Å². The minimum absolute atomic E-state index is 0.103. The zero-order valence-corrected chi connectivity index (χ0v) is 17.3. The van der Waals surface area contributed by atoms with Gasteiger partial charge in [-0.3, -0.25) is 9.69 Å². The molecule has 0 bridgehead atoms. The quantitative estimate of drug-likeness (QED) is 0.654. The van der Waals surface area contributed by atoms with Gasteiger partial charge in [0.15, 0.2) is 0 Å². The molecule has 27 heavy (non-hydrogen) atoms. The van der Waals surface area contributed by atoms with Crippen molar-refractivity contribution in [3.8, 4) is 5.75 Å². The second-order valence-corrected chi connectivity index (χ2v) is 7.62. The first-order chi connectivity index (χ1) is 13.1. The number of methoxy groups -OCH3 is 1. The minimum atomic E-state index is -0.793. The molecule has 1 amide bonds. The highest BCUT2D eigenvalue weighted by Crippen LogP contribution is 2.22. The van der Waals surface area contributed by atoms with Gasteiger partial charge in [-0.15, -0.1) is 0 Å². The number of hydrogen-bond acceptors (Lipinski definition) is 4. The molecule has 5 heteroatoms. The van der Waals surface area contributed by atoms with Crippen molar-refractivity contribution in [2.24, 2.45) is 0 Å². The Hall–Kier alpha value is -1.59. The first kappa shape index (κ1) is 21.7. The molecule has 5 nitrogen and oxygen atoms in total. The summed E-state index contributed by atoms with van der Waals surface area (Å²) in [5.41, 5.74) is -0.0298. The van der Waals surface area contributed by atoms with Gasteiger partial charge < -0.3 is 14.8 Å². The Labute approximate surface area is 164 Å². The molecule has 1 heterocycles. The van der Waals surface area contributed by atoms with E-state index in [-0.39, 0.29) is 5.91 Å². The van der Waals surface area contributed by atoms with Crippen LogP contribution < -0.4 is 10.1 Å². The van der Waals surface area contributed by atoms with Crippen LogP contribution in [0.2, 0.25) is 0 Å². The lowest BCUT2D eigenvalue weighted by Gasteiger charge is -2.26. The van der Waals surface area contributed by atoms with Crippen LogP contribution in [0, 0.1) is 0 Å². The van der Waals surface area contributed by atoms with Crippen LogP contribution in [0.5, 0.6) is 5.75 Å². The number of unbranched alkanes of at least 4 members (excludes halogenated alkanes) is 1. The van der Waals surface area contributed by atoms with E-state index < -0.39 is 5.60 Å². The van der Waals surface area contributed by atoms with Crippen molar-refractivity contribution in [3.05, 3.63) is 24.3 Å². The Kier molecular flexibility index (Phi) is 9.08. The Morgan fingerprint density at radius 3 is 2.41 bits per heavy atom. The number of likely N-dealkylation sites (tertiary alicyclic amines) is 1. The normalized spacial score (nSPS) is 17.7. The van der Waals surface area contributed by atoms with E-state index in [1.807, 2.05) is 31.2 Å². The summed E-state index contributed by atoms with van der Waals surface area (Å²) < 4.78 is 11.3. The van der Waals surface area contributed by atoms with Crippen LogP contribution in [0.25, 0.3) is 0 Å². The third-order valence-electron chi connectivity index (χ3n) is 5.43. The summed E-state index contributed by atoms with van der Waals surface area (Å²) in [4.78, 5) is 15.0. The molecule has 0 aromatic heterocycles. The maximum Gasteiger partial charge on any atom is 0.256 e. The number of rotatable bonds is 10. The largest absolute Gasteiger partial charge is 0.492 e. The van der Waals surface area contributed by atoms with Crippen LogP contribution in [0.4, 0.5) is 5.69 Å². The van der Waals surface area contributed by atoms with Gasteiger partial charge in [-0.05, 0) is 63.5 Å². The highest BCUT2D eigenvalue weighted by Gasteiger charge is 2.32. The molecule has 1 saturated heterocycles. The zero-order valence-electron chi connectivity index (χ0n) is 17.3. The summed E-state index contributed by atoms with van der Waals surface area (Å²) >= 11 is 0. The second-order valence-electron chi connectivity index (χ2n) is 7.62. The zero-order chi connectivity index (χ0) is 19.5. The van der Waals surface area contributed by atoms with Gasteiger partial charge in [0.05, 0.1) is 0 Å². The Morgan fingerprint density at radius 2 is 1.81 bits per heavy atom. The monoisotopic (exact) mass is 376 g/mol. The number of carbonyl (C=O) groups excluding carboxylic acids is 1. The van der Waals surface area contributed by atoms with Crippen molar-refractivity contribution in [3.63, 3.8) is 0 Å². The summed E-state index contributed by atoms with van der Waals surface area (Å²) in [5, 5.41) is 2.96. The summed E-state index contributed by atoms with van der Waals surface area (Å²) in [6, 6.07) is 7.59. The number of amides is 1. The summed E-state index contributed by atoms with van der Waals surface area (Å²) in [6.45, 7) is 8.00. The predicted molar refractivity (Wildman–Crippen MR) is 110 cm³/mol. The van der Waals surface area contributed by atoms with Gasteiger partial charge in [-0.25, -0.2) is 0 Å². The van der Waals surface area contributed by atoms with Crippen molar-refractivity contribution in [1.82, 2.24) is 4.90 Å². The number of hydrogen-bond donors (Lipinski definition) is 1. The van der Waals surface area contributed by atoms with E-state index >= 15 is 0 Å². The molecule has 0 spiro atoms. The SMILES string of the molecule is CCCC[C@](C)(OC)C(=O)Nc1ccc(OCCN2CCCCCC2)cc1. The van der Waals surface area contributed by atoms with E-state index in [4.69, 9.17) is 9.47 Å². The Morgan fingerprint density at radius 1 is 1.15 bits per heavy atom. The average Bonchev–Trinajstić information content (AvgIpc) is 2.96. The van der Waals surface area contributed by atoms with Gasteiger partial charge >= 0.3 is 0 Å². The Balaban J connectivity index is 1.79. The molecule has 1 aromatic carbocycles. The van der Waals surface area contributed by atoms with Gasteiger partial charge in [0.25, 0.3) is 5.91 Å². The third kappa shape index (κ3) is 7.15. The molecular weight excluding hydrogens is 340 g/mol. The predicted octanol–water partition coefficient (Wildman–Crippen LogP) is 4.48. The maximum absolute atomic E-state index is 12.6. The number of ether oxygens (including phenoxy) is 2. The molecular formula is C22H36N2O3. The summed E-state index contributed by atoms with van der Waals surface area (Å²) in [6.07, 6.45) is 8.01. The van der Waals surface area contributed by atoms with Gasteiger partial charge in [0.2, 0.25) is 0 Å². The minimum Gasteiger partial charge on any atom is -0.492 e. The van der Waals surface area contributed by atoms with Crippen molar-refractivity contribution in [2.75, 3.05) is 38.7 Å². The van der Waals surface area contributed by atoms with Gasteiger partial charge in [-0.1, -0.05) is 32.6 Å². The van der Waals surface area contributed by atoms with Crippen LogP contribution in [-0.2, 0) is 9.53 Å². The molecule has 1 aliphatic heterocycles. The molecule has 2 rings (SSSR count). The standard InChI is InChI=1S/C22H36N2O3/c1-4-5-14-22(2,26-3)21(25)23-19-10-12-20(13-11-19)27-18-17-24-15-8-6-7-9-16-24/h10-13H,4-9,14-18H2,1-3H3,(H,23,25)/t22-/m0/s1. The fourth-order valence-corrected chi connectivity index (χ4v) is 3.37. The molecule has 0 radical (unpaired) electrons. The maximum atomic E-state index is 12.6. The van der Waals surface area contributed by atoms with Crippen molar-refractivity contribution in [2.45, 2.75) is 64.4 Å². The van der Waals surface area contributed by atoms with Gasteiger partial charge in [0.1, 0.15) is 18.0 Å². The highest BCUT2D eigenvalue weighted by atomic mass is 16.5. The lowest BCUT2D eigenvalue weighted by Crippen LogP contribution is -2.41. The fourth-order valence-electron chi connectivity index (χ4n) is 3.37. The molecule has 152 valence electrons. The van der Waals surface area contributed by atoms with Crippen LogP contribution >= 0.6 is 0 Å². The van der Waals surface area contributed by atoms with Crippen LogP contribution in [0.3, 0.4) is 0 Å². The van der Waals surface area contributed by atoms with Crippen molar-refractivity contribution in [1.29, 1.82) is 0 Å². The average molecular weight is 377 g/mol. The van der Waals surface area contributed by atoms with Gasteiger partial charge in [0, 0.05) is 19.3 Å². The highest BCUT2D eigenvalue weighted by molar-refractivity contribution is 5.97. The topological polar surface area (TPSA) is 50.8 Å². The molecule has 0 unspecified atom stereocenters. The molecule has 0 saturated carbocycles. The fraction of sp³-hybridized carbons (Fsp3) is 0.682. The summed E-state index contributed by atoms with van der Waals surface area (Å²) in [7, 11) is 1.59. The number of benzene rings is 1. The lowest BCUT2D eigenvalue weighted by molar-refractivity contribution is -0.136. The van der Waals surface area contributed by atoms with E-state index in [0.29, 0.717) is 13.0 Å². The van der Waals surface area contributed by atoms with Crippen LogP contribution in [-0.4, -0.2) is 49.8 Å². The van der Waals surface area contributed by atoms with E-state index in [1.165, 1.54) is 38.8 Å². The summed E-state index contributed by atoms with van der Waals surface area (Å²) in [5.74, 6) is 0.733.